The van der Waals surface area contributed by atoms with Crippen LogP contribution in [0.4, 0.5) is 0 Å². The first-order valence-electron chi connectivity index (χ1n) is 9.48. The smallest absolute Gasteiger partial charge is 0.112 e. The van der Waals surface area contributed by atoms with E-state index in [9.17, 15) is 0 Å². The third-order valence-electron chi connectivity index (χ3n) is 5.39. The van der Waals surface area contributed by atoms with Crippen LogP contribution in [-0.4, -0.2) is 10.5 Å². The van der Waals surface area contributed by atoms with Crippen molar-refractivity contribution in [3.8, 4) is 0 Å². The highest BCUT2D eigenvalue weighted by Crippen LogP contribution is 2.40. The third-order valence-corrected chi connectivity index (χ3v) is 7.55. The van der Waals surface area contributed by atoms with Crippen LogP contribution in [0.2, 0.25) is 5.02 Å². The van der Waals surface area contributed by atoms with Crippen molar-refractivity contribution in [2.24, 2.45) is 5.73 Å². The molecule has 3 N–H and O–H groups in total. The molecule has 1 aromatic heterocycles. The Morgan fingerprint density at radius 1 is 1.11 bits per heavy atom. The zero-order chi connectivity index (χ0) is 20.5. The number of aromatic nitrogens is 1. The molecule has 0 saturated heterocycles. The Morgan fingerprint density at radius 2 is 1.79 bits per heavy atom. The SMILES string of the molecule is CC(C)c1ccc(CNC(C)(C)C(N)(I)c2ccnc3cc(Cl)ccc23)cc1. The van der Waals surface area contributed by atoms with Gasteiger partial charge in [-0.15, -0.1) is 0 Å². The van der Waals surface area contributed by atoms with Crippen LogP contribution in [0.5, 0.6) is 0 Å². The lowest BCUT2D eigenvalue weighted by Crippen LogP contribution is -2.58. The number of pyridine rings is 1. The predicted octanol–water partition coefficient (Wildman–Crippen LogP) is 6.13. The highest BCUT2D eigenvalue weighted by atomic mass is 127. The quantitative estimate of drug-likeness (QED) is 0.240. The van der Waals surface area contributed by atoms with Gasteiger partial charge in [0.2, 0.25) is 0 Å². The predicted molar refractivity (Wildman–Crippen MR) is 128 cm³/mol. The second kappa shape index (κ2) is 8.27. The topological polar surface area (TPSA) is 50.9 Å². The number of halogens is 2. The van der Waals surface area contributed by atoms with Gasteiger partial charge >= 0.3 is 0 Å². The molecule has 0 radical (unpaired) electrons. The van der Waals surface area contributed by atoms with Gasteiger partial charge in [-0.05, 0) is 54.7 Å². The summed E-state index contributed by atoms with van der Waals surface area (Å²) in [6.07, 6.45) is 1.80. The Hall–Kier alpha value is -1.21. The van der Waals surface area contributed by atoms with E-state index in [0.717, 1.165) is 23.0 Å². The van der Waals surface area contributed by atoms with Gasteiger partial charge in [0.05, 0.1) is 5.52 Å². The highest BCUT2D eigenvalue weighted by Gasteiger charge is 2.41. The van der Waals surface area contributed by atoms with Crippen molar-refractivity contribution in [3.05, 3.63) is 76.4 Å². The summed E-state index contributed by atoms with van der Waals surface area (Å²) in [5.41, 5.74) is 11.1. The molecule has 0 fully saturated rings. The van der Waals surface area contributed by atoms with Crippen molar-refractivity contribution in [2.75, 3.05) is 0 Å². The summed E-state index contributed by atoms with van der Waals surface area (Å²) in [5, 5.41) is 5.36. The highest BCUT2D eigenvalue weighted by molar-refractivity contribution is 14.1. The van der Waals surface area contributed by atoms with E-state index >= 15 is 0 Å². The van der Waals surface area contributed by atoms with Crippen molar-refractivity contribution in [3.63, 3.8) is 0 Å². The van der Waals surface area contributed by atoms with Crippen LogP contribution in [0, 0.1) is 0 Å². The largest absolute Gasteiger partial charge is 0.312 e. The molecule has 3 rings (SSSR count). The molecule has 0 amide bonds. The molecule has 1 unspecified atom stereocenters. The lowest BCUT2D eigenvalue weighted by atomic mass is 9.87. The van der Waals surface area contributed by atoms with Crippen LogP contribution in [0.15, 0.2) is 54.7 Å². The summed E-state index contributed by atoms with van der Waals surface area (Å²) >= 11 is 8.49. The molecule has 0 saturated carbocycles. The van der Waals surface area contributed by atoms with Crippen LogP contribution in [-0.2, 0) is 10.1 Å². The Morgan fingerprint density at radius 3 is 2.43 bits per heavy atom. The fourth-order valence-electron chi connectivity index (χ4n) is 3.25. The molecule has 3 nitrogen and oxygen atoms in total. The molecule has 5 heteroatoms. The number of hydrogen-bond donors (Lipinski definition) is 2. The summed E-state index contributed by atoms with van der Waals surface area (Å²) in [5.74, 6) is 0.540. The van der Waals surface area contributed by atoms with E-state index in [0.29, 0.717) is 10.9 Å². The molecule has 148 valence electrons. The minimum atomic E-state index is -0.641. The fraction of sp³-hybridized carbons (Fsp3) is 0.348. The maximum Gasteiger partial charge on any atom is 0.112 e. The van der Waals surface area contributed by atoms with Crippen molar-refractivity contribution in [1.82, 2.24) is 10.3 Å². The number of nitrogens with two attached hydrogens (primary N) is 1. The number of hydrogen-bond acceptors (Lipinski definition) is 3. The molecular weight excluding hydrogens is 481 g/mol. The summed E-state index contributed by atoms with van der Waals surface area (Å²) in [6, 6.07) is 16.6. The Labute approximate surface area is 186 Å². The number of fused-ring (bicyclic) bond motifs is 1. The van der Waals surface area contributed by atoms with Gasteiger partial charge in [-0.25, -0.2) is 0 Å². The summed E-state index contributed by atoms with van der Waals surface area (Å²) in [6.45, 7) is 9.46. The molecule has 28 heavy (non-hydrogen) atoms. The number of rotatable bonds is 6. The zero-order valence-corrected chi connectivity index (χ0v) is 19.7. The Kier molecular flexibility index (Phi) is 6.35. The normalized spacial score (nSPS) is 14.4. The van der Waals surface area contributed by atoms with Gasteiger partial charge in [0.1, 0.15) is 3.55 Å². The van der Waals surface area contributed by atoms with Gasteiger partial charge in [0, 0.05) is 28.7 Å². The number of benzene rings is 2. The van der Waals surface area contributed by atoms with Gasteiger partial charge in [-0.1, -0.05) is 78.4 Å². The van der Waals surface area contributed by atoms with E-state index in [1.807, 2.05) is 24.3 Å². The number of nitrogens with zero attached hydrogens (tertiary/aromatic N) is 1. The third kappa shape index (κ3) is 4.35. The van der Waals surface area contributed by atoms with Gasteiger partial charge in [-0.3, -0.25) is 4.98 Å². The molecule has 0 aliphatic rings. The Balaban J connectivity index is 1.85. The first kappa shape index (κ1) is 21.5. The molecule has 0 bridgehead atoms. The average Bonchev–Trinajstić information content (AvgIpc) is 2.65. The molecule has 1 atom stereocenters. The first-order chi connectivity index (χ1) is 13.1. The summed E-state index contributed by atoms with van der Waals surface area (Å²) in [7, 11) is 0. The van der Waals surface area contributed by atoms with Gasteiger partial charge in [0.15, 0.2) is 0 Å². The monoisotopic (exact) mass is 507 g/mol. The molecular formula is C23H27ClIN3. The van der Waals surface area contributed by atoms with Crippen molar-refractivity contribution < 1.29 is 0 Å². The van der Waals surface area contributed by atoms with Gasteiger partial charge in [-0.2, -0.15) is 0 Å². The molecule has 0 spiro atoms. The molecule has 1 heterocycles. The second-order valence-corrected chi connectivity index (χ2v) is 10.2. The Bertz CT molecular complexity index is 965. The van der Waals surface area contributed by atoms with E-state index < -0.39 is 3.55 Å². The molecule has 3 aromatic rings. The van der Waals surface area contributed by atoms with Gasteiger partial charge < -0.3 is 11.1 Å². The standard InChI is InChI=1S/C23H27ClIN3/c1-15(2)17-7-5-16(6-8-17)14-28-22(3,4)23(25,26)20-11-12-27-21-13-18(24)9-10-19(20)21/h5-13,15,28H,14,26H2,1-4H3. The lowest BCUT2D eigenvalue weighted by molar-refractivity contribution is 0.307. The van der Waals surface area contributed by atoms with Crippen molar-refractivity contribution >= 4 is 45.1 Å². The van der Waals surface area contributed by atoms with E-state index in [2.05, 4.69) is 84.9 Å². The van der Waals surface area contributed by atoms with Gasteiger partial charge in [0.25, 0.3) is 0 Å². The summed E-state index contributed by atoms with van der Waals surface area (Å²) in [4.78, 5) is 4.45. The fourth-order valence-corrected chi connectivity index (χ4v) is 4.07. The van der Waals surface area contributed by atoms with Crippen molar-refractivity contribution in [1.29, 1.82) is 0 Å². The maximum absolute atomic E-state index is 6.91. The zero-order valence-electron chi connectivity index (χ0n) is 16.8. The summed E-state index contributed by atoms with van der Waals surface area (Å²) < 4.78 is -0.641. The first-order valence-corrected chi connectivity index (χ1v) is 10.9. The van der Waals surface area contributed by atoms with E-state index in [1.165, 1.54) is 11.1 Å². The van der Waals surface area contributed by atoms with Crippen molar-refractivity contribution in [2.45, 2.75) is 49.2 Å². The average molecular weight is 508 g/mol. The van der Waals surface area contributed by atoms with E-state index in [1.54, 1.807) is 6.20 Å². The second-order valence-electron chi connectivity index (χ2n) is 8.11. The van der Waals surface area contributed by atoms with Crippen LogP contribution in [0.3, 0.4) is 0 Å². The van der Waals surface area contributed by atoms with E-state index in [-0.39, 0.29) is 5.54 Å². The number of nitrogens with one attached hydrogen (secondary N) is 1. The molecule has 0 aliphatic carbocycles. The molecule has 2 aromatic carbocycles. The lowest BCUT2D eigenvalue weighted by Gasteiger charge is -2.41. The minimum absolute atomic E-state index is 0.363. The minimum Gasteiger partial charge on any atom is -0.312 e. The molecule has 0 aliphatic heterocycles. The van der Waals surface area contributed by atoms with Crippen LogP contribution < -0.4 is 11.1 Å². The van der Waals surface area contributed by atoms with Crippen LogP contribution in [0.25, 0.3) is 10.9 Å². The van der Waals surface area contributed by atoms with Crippen LogP contribution in [0.1, 0.15) is 50.3 Å². The maximum atomic E-state index is 6.91. The number of alkyl halides is 1. The van der Waals surface area contributed by atoms with Crippen LogP contribution >= 0.6 is 34.2 Å². The van der Waals surface area contributed by atoms with E-state index in [4.69, 9.17) is 17.3 Å².